The number of pyridine rings is 1. The van der Waals surface area contributed by atoms with E-state index < -0.39 is 47.3 Å². The molecular weight excluding hydrogens is 644 g/mol. The SMILES string of the molecule is COc1cc(C(=O)CC[C@](O)(c2cc3c(c(-c4ccc(F)cc4)n2)OC[C@]3(C)CN[C@@H](C)c2ccccc2)C(F)(F)F)ccc1OCCO. The quantitative estimate of drug-likeness (QED) is 0.0999. The Labute approximate surface area is 281 Å². The van der Waals surface area contributed by atoms with Crippen LogP contribution in [0, 0.1) is 5.82 Å². The summed E-state index contributed by atoms with van der Waals surface area (Å²) in [6.45, 7) is 3.96. The molecule has 260 valence electrons. The molecule has 12 heteroatoms. The molecule has 1 aromatic heterocycles. The third-order valence-corrected chi connectivity index (χ3v) is 8.81. The molecule has 3 atom stereocenters. The topological polar surface area (TPSA) is 110 Å². The van der Waals surface area contributed by atoms with Crippen molar-refractivity contribution in [1.82, 2.24) is 10.3 Å². The van der Waals surface area contributed by atoms with Gasteiger partial charge in [-0.1, -0.05) is 37.3 Å². The van der Waals surface area contributed by atoms with Crippen LogP contribution in [-0.4, -0.2) is 60.6 Å². The van der Waals surface area contributed by atoms with E-state index in [4.69, 9.17) is 19.3 Å². The molecule has 0 amide bonds. The Morgan fingerprint density at radius 1 is 1.06 bits per heavy atom. The predicted molar refractivity (Wildman–Crippen MR) is 174 cm³/mol. The Bertz CT molecular complexity index is 1770. The number of fused-ring (bicyclic) bond motifs is 1. The summed E-state index contributed by atoms with van der Waals surface area (Å²) in [6.07, 6.45) is -6.95. The van der Waals surface area contributed by atoms with Crippen molar-refractivity contribution in [2.24, 2.45) is 0 Å². The predicted octanol–water partition coefficient (Wildman–Crippen LogP) is 6.68. The fourth-order valence-electron chi connectivity index (χ4n) is 5.81. The normalized spacial score (nSPS) is 17.5. The average Bonchev–Trinajstić information content (AvgIpc) is 3.44. The number of ether oxygens (including phenoxy) is 3. The number of benzene rings is 3. The van der Waals surface area contributed by atoms with Crippen molar-refractivity contribution in [3.8, 4) is 28.5 Å². The molecule has 0 saturated heterocycles. The molecule has 5 rings (SSSR count). The van der Waals surface area contributed by atoms with Crippen molar-refractivity contribution in [1.29, 1.82) is 0 Å². The van der Waals surface area contributed by atoms with Crippen LogP contribution in [0.5, 0.6) is 17.2 Å². The monoisotopic (exact) mass is 682 g/mol. The van der Waals surface area contributed by atoms with Crippen LogP contribution in [0.15, 0.2) is 78.9 Å². The second kappa shape index (κ2) is 14.5. The van der Waals surface area contributed by atoms with Gasteiger partial charge in [0.1, 0.15) is 23.9 Å². The van der Waals surface area contributed by atoms with Crippen molar-refractivity contribution < 1.29 is 46.8 Å². The minimum absolute atomic E-state index is 0.0181. The van der Waals surface area contributed by atoms with E-state index in [1.165, 1.54) is 43.5 Å². The molecule has 0 saturated carbocycles. The van der Waals surface area contributed by atoms with Gasteiger partial charge in [-0.2, -0.15) is 13.2 Å². The molecule has 49 heavy (non-hydrogen) atoms. The van der Waals surface area contributed by atoms with Crippen LogP contribution >= 0.6 is 0 Å². The van der Waals surface area contributed by atoms with E-state index in [1.54, 1.807) is 0 Å². The van der Waals surface area contributed by atoms with E-state index >= 15 is 0 Å². The number of rotatable bonds is 14. The number of nitrogens with zero attached hydrogens (tertiary/aromatic N) is 1. The van der Waals surface area contributed by atoms with Crippen molar-refractivity contribution >= 4 is 5.78 Å². The largest absolute Gasteiger partial charge is 0.493 e. The maximum absolute atomic E-state index is 15.0. The summed E-state index contributed by atoms with van der Waals surface area (Å²) >= 11 is 0. The first-order valence-electron chi connectivity index (χ1n) is 15.8. The van der Waals surface area contributed by atoms with Gasteiger partial charge in [0, 0.05) is 41.1 Å². The summed E-state index contributed by atoms with van der Waals surface area (Å²) < 4.78 is 75.4. The first-order chi connectivity index (χ1) is 23.3. The summed E-state index contributed by atoms with van der Waals surface area (Å²) in [5.41, 5.74) is -3.31. The molecule has 0 aliphatic carbocycles. The van der Waals surface area contributed by atoms with E-state index in [0.29, 0.717) is 17.7 Å². The van der Waals surface area contributed by atoms with E-state index in [9.17, 15) is 27.5 Å². The summed E-state index contributed by atoms with van der Waals surface area (Å²) in [5, 5.41) is 24.0. The van der Waals surface area contributed by atoms with Crippen molar-refractivity contribution in [3.05, 3.63) is 107 Å². The molecule has 0 bridgehead atoms. The Hall–Kier alpha value is -4.52. The molecule has 1 aliphatic heterocycles. The number of ketones is 1. The summed E-state index contributed by atoms with van der Waals surface area (Å²) in [5.74, 6) is -0.584. The molecule has 0 radical (unpaired) electrons. The lowest BCUT2D eigenvalue weighted by atomic mass is 9.81. The third kappa shape index (κ3) is 7.56. The lowest BCUT2D eigenvalue weighted by Crippen LogP contribution is -2.44. The maximum Gasteiger partial charge on any atom is 0.422 e. The standard InChI is InChI=1S/C37H38F4N2O6/c1-23(24-7-5-4-6-8-24)42-21-35(2)22-49-34-28(35)20-32(43-33(34)25-9-12-27(38)13-10-25)36(46,37(39,40)41)16-15-29(45)26-11-14-30(48-18-17-44)31(19-26)47-3/h4-14,19-20,23,42,44,46H,15-18,21-22H2,1-3H3/t23-,35-,36-/m0/s1. The second-order valence-electron chi connectivity index (χ2n) is 12.3. The highest BCUT2D eigenvalue weighted by Gasteiger charge is 2.57. The number of carbonyl (C=O) groups is 1. The maximum atomic E-state index is 15.0. The number of aliphatic hydroxyl groups is 2. The van der Waals surface area contributed by atoms with Gasteiger partial charge in [-0.05, 0) is 67.4 Å². The van der Waals surface area contributed by atoms with Gasteiger partial charge in [0.2, 0.25) is 5.60 Å². The van der Waals surface area contributed by atoms with E-state index in [2.05, 4.69) is 10.3 Å². The Kier molecular flexibility index (Phi) is 10.6. The van der Waals surface area contributed by atoms with Gasteiger partial charge in [-0.3, -0.25) is 4.79 Å². The van der Waals surface area contributed by atoms with Crippen LogP contribution < -0.4 is 19.5 Å². The smallest absolute Gasteiger partial charge is 0.422 e. The lowest BCUT2D eigenvalue weighted by Gasteiger charge is -2.32. The number of nitrogens with one attached hydrogen (secondary N) is 1. The number of halogens is 4. The molecule has 1 aliphatic rings. The van der Waals surface area contributed by atoms with Gasteiger partial charge < -0.3 is 29.7 Å². The number of alkyl halides is 3. The highest BCUT2D eigenvalue weighted by molar-refractivity contribution is 5.96. The Morgan fingerprint density at radius 3 is 2.43 bits per heavy atom. The summed E-state index contributed by atoms with van der Waals surface area (Å²) in [4.78, 5) is 17.5. The van der Waals surface area contributed by atoms with Crippen LogP contribution in [0.3, 0.4) is 0 Å². The fraction of sp³-hybridized carbons (Fsp3) is 0.351. The van der Waals surface area contributed by atoms with Crippen LogP contribution in [-0.2, 0) is 11.0 Å². The molecule has 3 N–H and O–H groups in total. The molecule has 3 aromatic carbocycles. The molecule has 0 spiro atoms. The van der Waals surface area contributed by atoms with Gasteiger partial charge in [0.15, 0.2) is 17.3 Å². The molecular formula is C37H38F4N2O6. The second-order valence-corrected chi connectivity index (χ2v) is 12.3. The van der Waals surface area contributed by atoms with Gasteiger partial charge in [-0.25, -0.2) is 9.37 Å². The molecule has 4 aromatic rings. The average molecular weight is 683 g/mol. The van der Waals surface area contributed by atoms with Crippen LogP contribution in [0.25, 0.3) is 11.3 Å². The summed E-state index contributed by atoms with van der Waals surface area (Å²) in [6, 6.07) is 20.0. The van der Waals surface area contributed by atoms with Gasteiger partial charge in [-0.15, -0.1) is 0 Å². The van der Waals surface area contributed by atoms with E-state index in [-0.39, 0.29) is 54.4 Å². The minimum atomic E-state index is -5.23. The number of aliphatic hydroxyl groups excluding tert-OH is 1. The number of methoxy groups -OCH3 is 1. The Morgan fingerprint density at radius 2 is 1.78 bits per heavy atom. The van der Waals surface area contributed by atoms with Gasteiger partial charge >= 0.3 is 6.18 Å². The zero-order valence-corrected chi connectivity index (χ0v) is 27.3. The minimum Gasteiger partial charge on any atom is -0.493 e. The zero-order chi connectivity index (χ0) is 35.4. The number of Topliss-reactive ketones (excluding diaryl/α,β-unsaturated/α-hetero) is 1. The molecule has 0 fully saturated rings. The van der Waals surface area contributed by atoms with Crippen molar-refractivity contribution in [2.45, 2.75) is 49.9 Å². The third-order valence-electron chi connectivity index (χ3n) is 8.81. The van der Waals surface area contributed by atoms with Crippen LogP contribution in [0.1, 0.15) is 59.9 Å². The zero-order valence-electron chi connectivity index (χ0n) is 27.3. The lowest BCUT2D eigenvalue weighted by molar-refractivity contribution is -0.270. The van der Waals surface area contributed by atoms with E-state index in [1.807, 2.05) is 44.2 Å². The van der Waals surface area contributed by atoms with Crippen molar-refractivity contribution in [3.63, 3.8) is 0 Å². The van der Waals surface area contributed by atoms with Crippen molar-refractivity contribution in [2.75, 3.05) is 33.5 Å². The van der Waals surface area contributed by atoms with Crippen LogP contribution in [0.4, 0.5) is 17.6 Å². The highest BCUT2D eigenvalue weighted by Crippen LogP contribution is 2.49. The number of hydrogen-bond acceptors (Lipinski definition) is 8. The van der Waals surface area contributed by atoms with Gasteiger partial charge in [0.05, 0.1) is 26.0 Å². The van der Waals surface area contributed by atoms with E-state index in [0.717, 1.165) is 17.7 Å². The summed E-state index contributed by atoms with van der Waals surface area (Å²) in [7, 11) is 1.34. The first kappa shape index (κ1) is 35.8. The fourth-order valence-corrected chi connectivity index (χ4v) is 5.81. The van der Waals surface area contributed by atoms with Gasteiger partial charge in [0.25, 0.3) is 0 Å². The number of hydrogen-bond donors (Lipinski definition) is 3. The molecule has 0 unspecified atom stereocenters. The first-order valence-corrected chi connectivity index (χ1v) is 15.8. The van der Waals surface area contributed by atoms with Crippen LogP contribution in [0.2, 0.25) is 0 Å². The molecule has 2 heterocycles. The molecule has 8 nitrogen and oxygen atoms in total. The number of aromatic nitrogens is 1. The number of carbonyl (C=O) groups excluding carboxylic acids is 1. The highest BCUT2D eigenvalue weighted by atomic mass is 19.4. The Balaban J connectivity index is 1.51.